The predicted octanol–water partition coefficient (Wildman–Crippen LogP) is 2.12. The number of fused-ring (bicyclic) bond motifs is 1. The summed E-state index contributed by atoms with van der Waals surface area (Å²) in [5.41, 5.74) is 1.39. The molecule has 2 aliphatic rings. The summed E-state index contributed by atoms with van der Waals surface area (Å²) in [6, 6.07) is 9.07. The van der Waals surface area contributed by atoms with E-state index < -0.39 is 0 Å². The highest BCUT2D eigenvalue weighted by Gasteiger charge is 2.25. The molecule has 0 radical (unpaired) electrons. The first-order valence-electron chi connectivity index (χ1n) is 11.8. The average Bonchev–Trinajstić information content (AvgIpc) is 3.35. The van der Waals surface area contributed by atoms with Crippen molar-refractivity contribution >= 4 is 23.6 Å². The zero-order chi connectivity index (χ0) is 24.6. The molecular weight excluding hydrogens is 452 g/mol. The molecule has 0 unspecified atom stereocenters. The zero-order valence-electron chi connectivity index (χ0n) is 19.8. The van der Waals surface area contributed by atoms with E-state index in [-0.39, 0.29) is 31.0 Å². The predicted molar refractivity (Wildman–Crippen MR) is 127 cm³/mol. The lowest BCUT2D eigenvalue weighted by atomic mass is 10.1. The third-order valence-electron chi connectivity index (χ3n) is 5.93. The van der Waals surface area contributed by atoms with Crippen LogP contribution in [0.3, 0.4) is 0 Å². The van der Waals surface area contributed by atoms with Gasteiger partial charge in [-0.25, -0.2) is 4.98 Å². The molecule has 3 heterocycles. The molecule has 2 aliphatic heterocycles. The van der Waals surface area contributed by atoms with Crippen LogP contribution >= 0.6 is 0 Å². The Morgan fingerprint density at radius 3 is 2.66 bits per heavy atom. The van der Waals surface area contributed by atoms with Gasteiger partial charge in [0.2, 0.25) is 12.7 Å². The molecule has 1 aromatic carbocycles. The van der Waals surface area contributed by atoms with Crippen LogP contribution in [0.1, 0.15) is 42.1 Å². The van der Waals surface area contributed by atoms with Gasteiger partial charge in [0.05, 0.1) is 12.2 Å². The van der Waals surface area contributed by atoms with Crippen molar-refractivity contribution in [3.05, 3.63) is 47.7 Å². The Hall–Kier alpha value is -3.82. The molecule has 2 aromatic rings. The second kappa shape index (κ2) is 11.5. The molecule has 1 aromatic heterocycles. The van der Waals surface area contributed by atoms with Gasteiger partial charge in [-0.2, -0.15) is 0 Å². The summed E-state index contributed by atoms with van der Waals surface area (Å²) in [4.78, 5) is 45.2. The lowest BCUT2D eigenvalue weighted by Gasteiger charge is -2.36. The summed E-state index contributed by atoms with van der Waals surface area (Å²) < 4.78 is 15.6. The molecular formula is C25H30N4O6. The van der Waals surface area contributed by atoms with Crippen molar-refractivity contribution in [2.24, 2.45) is 0 Å². The van der Waals surface area contributed by atoms with Crippen LogP contribution in [0.15, 0.2) is 36.5 Å². The van der Waals surface area contributed by atoms with Crippen LogP contribution in [0.4, 0.5) is 5.82 Å². The minimum absolute atomic E-state index is 0.0247. The number of carbonyl (C=O) groups excluding carboxylic acids is 3. The van der Waals surface area contributed by atoms with Crippen LogP contribution in [-0.2, 0) is 20.9 Å². The highest BCUT2D eigenvalue weighted by Crippen LogP contribution is 2.32. The van der Waals surface area contributed by atoms with Crippen molar-refractivity contribution in [3.63, 3.8) is 0 Å². The van der Waals surface area contributed by atoms with E-state index in [0.717, 1.165) is 5.56 Å². The fraction of sp³-hybridized carbons (Fsp3) is 0.440. The Morgan fingerprint density at radius 2 is 1.86 bits per heavy atom. The first-order valence-corrected chi connectivity index (χ1v) is 11.8. The molecule has 1 fully saturated rings. The van der Waals surface area contributed by atoms with E-state index in [4.69, 9.17) is 14.2 Å². The van der Waals surface area contributed by atoms with Crippen molar-refractivity contribution < 1.29 is 28.6 Å². The molecule has 0 bridgehead atoms. The number of carbonyl (C=O) groups is 3. The van der Waals surface area contributed by atoms with Crippen LogP contribution < -0.4 is 19.7 Å². The molecule has 2 amide bonds. The Balaban J connectivity index is 1.29. The van der Waals surface area contributed by atoms with Gasteiger partial charge in [0.1, 0.15) is 5.82 Å². The second-order valence-corrected chi connectivity index (χ2v) is 8.27. The molecule has 186 valence electrons. The number of rotatable bonds is 9. The Morgan fingerprint density at radius 1 is 1.06 bits per heavy atom. The molecule has 0 aliphatic carbocycles. The van der Waals surface area contributed by atoms with Gasteiger partial charge in [-0.05, 0) is 43.2 Å². The van der Waals surface area contributed by atoms with Crippen molar-refractivity contribution in [1.29, 1.82) is 0 Å². The number of nitrogens with one attached hydrogen (secondary N) is 1. The Kier molecular flexibility index (Phi) is 8.02. The number of pyridine rings is 1. The standard InChI is InChI=1S/C25H30N4O6/c1-2-33-23(31)7-3-6-22(30)28-11-13-29(14-12-28)24-19(5-4-10-26-24)25(32)27-16-18-8-9-20-21(15-18)35-17-34-20/h4-5,8-10,15H,2-3,6-7,11-14,16-17H2,1H3,(H,27,32). The van der Waals surface area contributed by atoms with E-state index in [2.05, 4.69) is 10.3 Å². The number of benzene rings is 1. The number of hydrogen-bond donors (Lipinski definition) is 1. The van der Waals surface area contributed by atoms with E-state index >= 15 is 0 Å². The van der Waals surface area contributed by atoms with Gasteiger partial charge >= 0.3 is 5.97 Å². The first-order chi connectivity index (χ1) is 17.0. The largest absolute Gasteiger partial charge is 0.466 e. The lowest BCUT2D eigenvalue weighted by Crippen LogP contribution is -2.49. The second-order valence-electron chi connectivity index (χ2n) is 8.27. The van der Waals surface area contributed by atoms with Crippen LogP contribution in [0.2, 0.25) is 0 Å². The number of hydrogen-bond acceptors (Lipinski definition) is 8. The van der Waals surface area contributed by atoms with Gasteiger partial charge in [0.25, 0.3) is 5.91 Å². The lowest BCUT2D eigenvalue weighted by molar-refractivity contribution is -0.143. The van der Waals surface area contributed by atoms with E-state index in [1.165, 1.54) is 0 Å². The maximum atomic E-state index is 13.0. The Labute approximate surface area is 204 Å². The van der Waals surface area contributed by atoms with E-state index in [0.29, 0.717) is 75.1 Å². The number of piperazine rings is 1. The SMILES string of the molecule is CCOC(=O)CCCC(=O)N1CCN(c2ncccc2C(=O)NCc2ccc3c(c2)OCO3)CC1. The minimum Gasteiger partial charge on any atom is -0.466 e. The molecule has 1 N–H and O–H groups in total. The van der Waals surface area contributed by atoms with Crippen molar-refractivity contribution in [2.45, 2.75) is 32.7 Å². The molecule has 1 saturated heterocycles. The third kappa shape index (κ3) is 6.20. The van der Waals surface area contributed by atoms with E-state index in [1.807, 2.05) is 23.1 Å². The summed E-state index contributed by atoms with van der Waals surface area (Å²) in [6.07, 6.45) is 2.71. The van der Waals surface area contributed by atoms with Crippen molar-refractivity contribution in [3.8, 4) is 11.5 Å². The molecule has 10 nitrogen and oxygen atoms in total. The van der Waals surface area contributed by atoms with Gasteiger partial charge in [-0.1, -0.05) is 6.07 Å². The van der Waals surface area contributed by atoms with Crippen molar-refractivity contribution in [2.75, 3.05) is 44.5 Å². The molecule has 35 heavy (non-hydrogen) atoms. The Bertz CT molecular complexity index is 1070. The van der Waals surface area contributed by atoms with E-state index in [1.54, 1.807) is 30.2 Å². The number of nitrogens with zero attached hydrogens (tertiary/aromatic N) is 3. The van der Waals surface area contributed by atoms with Gasteiger partial charge in [-0.15, -0.1) is 0 Å². The average molecular weight is 483 g/mol. The number of anilines is 1. The number of esters is 1. The van der Waals surface area contributed by atoms with Gasteiger partial charge in [0, 0.05) is 51.8 Å². The van der Waals surface area contributed by atoms with Crippen LogP contribution in [0.5, 0.6) is 11.5 Å². The van der Waals surface area contributed by atoms with Gasteiger partial charge in [0.15, 0.2) is 11.5 Å². The van der Waals surface area contributed by atoms with E-state index in [9.17, 15) is 14.4 Å². The number of aromatic nitrogens is 1. The number of ether oxygens (including phenoxy) is 3. The van der Waals surface area contributed by atoms with Crippen LogP contribution in [0, 0.1) is 0 Å². The third-order valence-corrected chi connectivity index (χ3v) is 5.93. The molecule has 4 rings (SSSR count). The minimum atomic E-state index is -0.274. The van der Waals surface area contributed by atoms with Crippen LogP contribution in [-0.4, -0.2) is 67.2 Å². The number of amides is 2. The summed E-state index contributed by atoms with van der Waals surface area (Å²) in [7, 11) is 0. The smallest absolute Gasteiger partial charge is 0.305 e. The maximum absolute atomic E-state index is 13.0. The molecule has 10 heteroatoms. The summed E-state index contributed by atoms with van der Waals surface area (Å²) in [6.45, 7) is 4.88. The quantitative estimate of drug-likeness (QED) is 0.542. The normalized spacial score (nSPS) is 14.5. The summed E-state index contributed by atoms with van der Waals surface area (Å²) in [5.74, 6) is 1.51. The molecule has 0 saturated carbocycles. The summed E-state index contributed by atoms with van der Waals surface area (Å²) >= 11 is 0. The molecule has 0 atom stereocenters. The highest BCUT2D eigenvalue weighted by atomic mass is 16.7. The maximum Gasteiger partial charge on any atom is 0.305 e. The molecule has 0 spiro atoms. The van der Waals surface area contributed by atoms with Crippen molar-refractivity contribution in [1.82, 2.24) is 15.2 Å². The summed E-state index contributed by atoms with van der Waals surface area (Å²) in [5, 5.41) is 2.95. The fourth-order valence-corrected chi connectivity index (χ4v) is 4.10. The topological polar surface area (TPSA) is 110 Å². The van der Waals surface area contributed by atoms with Crippen LogP contribution in [0.25, 0.3) is 0 Å². The van der Waals surface area contributed by atoms with Gasteiger partial charge in [-0.3, -0.25) is 14.4 Å². The monoisotopic (exact) mass is 482 g/mol. The van der Waals surface area contributed by atoms with Gasteiger partial charge < -0.3 is 29.3 Å². The highest BCUT2D eigenvalue weighted by molar-refractivity contribution is 5.98. The fourth-order valence-electron chi connectivity index (χ4n) is 4.10. The zero-order valence-corrected chi connectivity index (χ0v) is 19.8. The first kappa shape index (κ1) is 24.3.